The number of ether oxygens (including phenoxy) is 1. The van der Waals surface area contributed by atoms with E-state index in [0.717, 1.165) is 41.2 Å². The Morgan fingerprint density at radius 3 is 2.40 bits per heavy atom. The summed E-state index contributed by atoms with van der Waals surface area (Å²) in [5.41, 5.74) is 0.567. The fourth-order valence-electron chi connectivity index (χ4n) is 1.84. The first-order valence-electron chi connectivity index (χ1n) is 7.26. The van der Waals surface area contributed by atoms with Crippen LogP contribution in [0.2, 0.25) is 0 Å². The number of anilines is 1. The monoisotopic (exact) mass is 343 g/mol. The summed E-state index contributed by atoms with van der Waals surface area (Å²) >= 11 is 3.63. The second-order valence-electron chi connectivity index (χ2n) is 5.47. The molecular weight excluding hydrogens is 318 g/mol. The first-order valence-corrected chi connectivity index (χ1v) is 8.05. The maximum Gasteiger partial charge on any atom is 0.162 e. The molecular formula is C15H26BrN3O. The van der Waals surface area contributed by atoms with Gasteiger partial charge in [0.2, 0.25) is 0 Å². The number of nitrogens with zero attached hydrogens (tertiary/aromatic N) is 2. The topological polar surface area (TPSA) is 47.0 Å². The zero-order valence-electron chi connectivity index (χ0n) is 13.4. The van der Waals surface area contributed by atoms with Gasteiger partial charge in [-0.15, -0.1) is 0 Å². The zero-order valence-corrected chi connectivity index (χ0v) is 15.0. The van der Waals surface area contributed by atoms with Crippen LogP contribution in [0, 0.1) is 0 Å². The van der Waals surface area contributed by atoms with Gasteiger partial charge < -0.3 is 10.1 Å². The summed E-state index contributed by atoms with van der Waals surface area (Å²) in [7, 11) is 1.71. The molecule has 5 heteroatoms. The summed E-state index contributed by atoms with van der Waals surface area (Å²) < 4.78 is 6.60. The van der Waals surface area contributed by atoms with Gasteiger partial charge in [-0.1, -0.05) is 27.7 Å². The Hall–Kier alpha value is -0.680. The van der Waals surface area contributed by atoms with Crippen LogP contribution in [0.5, 0.6) is 0 Å². The van der Waals surface area contributed by atoms with Crippen LogP contribution in [-0.2, 0) is 10.3 Å². The highest BCUT2D eigenvalue weighted by Gasteiger charge is 2.29. The van der Waals surface area contributed by atoms with Crippen LogP contribution >= 0.6 is 15.9 Å². The highest BCUT2D eigenvalue weighted by atomic mass is 79.9. The highest BCUT2D eigenvalue weighted by Crippen LogP contribution is 2.33. The van der Waals surface area contributed by atoms with Gasteiger partial charge in [-0.25, -0.2) is 9.97 Å². The number of halogens is 1. The molecule has 0 spiro atoms. The lowest BCUT2D eigenvalue weighted by Gasteiger charge is -2.27. The third-order valence-corrected chi connectivity index (χ3v) is 4.35. The first kappa shape index (κ1) is 17.4. The van der Waals surface area contributed by atoms with Crippen molar-refractivity contribution < 1.29 is 4.74 Å². The van der Waals surface area contributed by atoms with Gasteiger partial charge >= 0.3 is 0 Å². The summed E-state index contributed by atoms with van der Waals surface area (Å²) in [6.07, 6.45) is 1.88. The molecule has 0 amide bonds. The van der Waals surface area contributed by atoms with Crippen LogP contribution in [0.25, 0.3) is 0 Å². The molecule has 0 aromatic carbocycles. The van der Waals surface area contributed by atoms with Gasteiger partial charge in [0.15, 0.2) is 5.82 Å². The van der Waals surface area contributed by atoms with E-state index in [0.29, 0.717) is 5.92 Å². The molecule has 114 valence electrons. The van der Waals surface area contributed by atoms with E-state index in [2.05, 4.69) is 53.9 Å². The van der Waals surface area contributed by atoms with Crippen LogP contribution in [0.3, 0.4) is 0 Å². The van der Waals surface area contributed by atoms with Gasteiger partial charge in [-0.05, 0) is 41.6 Å². The third-order valence-electron chi connectivity index (χ3n) is 3.56. The maximum atomic E-state index is 5.64. The average molecular weight is 344 g/mol. The summed E-state index contributed by atoms with van der Waals surface area (Å²) in [6, 6.07) is 0. The first-order chi connectivity index (χ1) is 9.39. The van der Waals surface area contributed by atoms with Gasteiger partial charge in [0.05, 0.1) is 10.2 Å². The van der Waals surface area contributed by atoms with Crippen LogP contribution in [-0.4, -0.2) is 23.6 Å². The van der Waals surface area contributed by atoms with Crippen LogP contribution in [0.1, 0.15) is 64.9 Å². The fourth-order valence-corrected chi connectivity index (χ4v) is 2.61. The number of hydrogen-bond acceptors (Lipinski definition) is 4. The van der Waals surface area contributed by atoms with E-state index in [1.165, 1.54) is 0 Å². The molecule has 1 aromatic heterocycles. The number of aromatic nitrogens is 2. The van der Waals surface area contributed by atoms with Crippen molar-refractivity contribution in [1.82, 2.24) is 9.97 Å². The van der Waals surface area contributed by atoms with E-state index in [9.17, 15) is 0 Å². The van der Waals surface area contributed by atoms with Gasteiger partial charge in [0.1, 0.15) is 11.4 Å². The molecule has 4 nitrogen and oxygen atoms in total. The average Bonchev–Trinajstić information content (AvgIpc) is 2.44. The lowest BCUT2D eigenvalue weighted by Crippen LogP contribution is -2.27. The Labute approximate surface area is 130 Å². The Morgan fingerprint density at radius 1 is 1.30 bits per heavy atom. The van der Waals surface area contributed by atoms with Gasteiger partial charge in [0, 0.05) is 13.7 Å². The molecule has 1 N–H and O–H groups in total. The Balaban J connectivity index is 3.35. The van der Waals surface area contributed by atoms with Crippen molar-refractivity contribution >= 4 is 21.7 Å². The normalized spacial score (nSPS) is 14.4. The van der Waals surface area contributed by atoms with Gasteiger partial charge in [-0.3, -0.25) is 0 Å². The van der Waals surface area contributed by atoms with Crippen molar-refractivity contribution in [2.24, 2.45) is 0 Å². The number of hydrogen-bond donors (Lipinski definition) is 1. The molecule has 0 bridgehead atoms. The molecule has 1 atom stereocenters. The number of rotatable bonds is 7. The van der Waals surface area contributed by atoms with Crippen LogP contribution in [0.15, 0.2) is 4.47 Å². The molecule has 0 aliphatic rings. The van der Waals surface area contributed by atoms with E-state index in [1.54, 1.807) is 7.11 Å². The molecule has 0 fully saturated rings. The van der Waals surface area contributed by atoms with Crippen LogP contribution in [0.4, 0.5) is 5.82 Å². The minimum absolute atomic E-state index is 0.325. The largest absolute Gasteiger partial charge is 0.371 e. The number of nitrogens with one attached hydrogen (secondary N) is 1. The molecule has 0 saturated heterocycles. The van der Waals surface area contributed by atoms with E-state index in [4.69, 9.17) is 9.72 Å². The smallest absolute Gasteiger partial charge is 0.162 e. The van der Waals surface area contributed by atoms with E-state index >= 15 is 0 Å². The SMILES string of the molecule is CCCNc1nc(C(C)(CC)OC)nc(C(C)C)c1Br. The Morgan fingerprint density at radius 2 is 1.95 bits per heavy atom. The fraction of sp³-hybridized carbons (Fsp3) is 0.733. The van der Waals surface area contributed by atoms with Gasteiger partial charge in [0.25, 0.3) is 0 Å². The summed E-state index contributed by atoms with van der Waals surface area (Å²) in [5.74, 6) is 1.93. The molecule has 20 heavy (non-hydrogen) atoms. The molecule has 0 aliphatic heterocycles. The van der Waals surface area contributed by atoms with Crippen molar-refractivity contribution in [3.05, 3.63) is 16.0 Å². The molecule has 0 saturated carbocycles. The minimum Gasteiger partial charge on any atom is -0.371 e. The van der Waals surface area contributed by atoms with E-state index in [1.807, 2.05) is 6.92 Å². The minimum atomic E-state index is -0.451. The molecule has 1 rings (SSSR count). The van der Waals surface area contributed by atoms with Crippen molar-refractivity contribution in [3.8, 4) is 0 Å². The maximum absolute atomic E-state index is 5.64. The molecule has 1 heterocycles. The third kappa shape index (κ3) is 3.70. The summed E-state index contributed by atoms with van der Waals surface area (Å²) in [5, 5.41) is 3.37. The number of methoxy groups -OCH3 is 1. The lowest BCUT2D eigenvalue weighted by molar-refractivity contribution is -0.00910. The van der Waals surface area contributed by atoms with Crippen molar-refractivity contribution in [2.45, 2.75) is 59.0 Å². The van der Waals surface area contributed by atoms with E-state index in [-0.39, 0.29) is 0 Å². The van der Waals surface area contributed by atoms with Crippen molar-refractivity contribution in [2.75, 3.05) is 19.0 Å². The van der Waals surface area contributed by atoms with E-state index < -0.39 is 5.60 Å². The predicted molar refractivity (Wildman–Crippen MR) is 87.3 cm³/mol. The van der Waals surface area contributed by atoms with Crippen LogP contribution < -0.4 is 5.32 Å². The zero-order chi connectivity index (χ0) is 15.3. The Kier molecular flexibility index (Phi) is 6.40. The second-order valence-corrected chi connectivity index (χ2v) is 6.26. The molecule has 0 aliphatic carbocycles. The van der Waals surface area contributed by atoms with Crippen molar-refractivity contribution in [1.29, 1.82) is 0 Å². The quantitative estimate of drug-likeness (QED) is 0.793. The highest BCUT2D eigenvalue weighted by molar-refractivity contribution is 9.10. The van der Waals surface area contributed by atoms with Crippen molar-refractivity contribution in [3.63, 3.8) is 0 Å². The van der Waals surface area contributed by atoms with Gasteiger partial charge in [-0.2, -0.15) is 0 Å². The summed E-state index contributed by atoms with van der Waals surface area (Å²) in [4.78, 5) is 9.40. The second kappa shape index (κ2) is 7.36. The molecule has 1 unspecified atom stereocenters. The summed E-state index contributed by atoms with van der Waals surface area (Å²) in [6.45, 7) is 11.4. The molecule has 1 aromatic rings. The Bertz CT molecular complexity index is 445. The predicted octanol–water partition coefficient (Wildman–Crippen LogP) is 4.46. The molecule has 0 radical (unpaired) electrons. The standard InChI is InChI=1S/C15H26BrN3O/c1-7-9-17-13-11(16)12(10(3)4)18-14(19-13)15(5,8-2)20-6/h10H,7-9H2,1-6H3,(H,17,18,19). The lowest BCUT2D eigenvalue weighted by atomic mass is 10.0.